The molecule has 3 aromatic rings. The Morgan fingerprint density at radius 2 is 1.89 bits per heavy atom. The fraction of sp³-hybridized carbons (Fsp3) is 0.0625. The normalized spacial score (nSPS) is 10.5. The number of nitrogens with one attached hydrogen (secondary N) is 2. The highest BCUT2D eigenvalue weighted by Gasteiger charge is 2.05. The lowest BCUT2D eigenvalue weighted by molar-refractivity contribution is -0.115. The third kappa shape index (κ3) is 2.65. The predicted octanol–water partition coefficient (Wildman–Crippen LogP) is 3.35. The van der Waals surface area contributed by atoms with Crippen molar-refractivity contribution in [3.63, 3.8) is 0 Å². The number of hydrogen-bond donors (Lipinski definition) is 2. The van der Waals surface area contributed by atoms with Gasteiger partial charge in [-0.3, -0.25) is 4.79 Å². The summed E-state index contributed by atoms with van der Waals surface area (Å²) in [5.74, 6) is 0.00101. The second-order valence-corrected chi connectivity index (χ2v) is 4.49. The third-order valence-electron chi connectivity index (χ3n) is 3.04. The maximum absolute atomic E-state index is 11.9. The molecule has 2 aromatic carbocycles. The first-order valence-electron chi connectivity index (χ1n) is 6.22. The van der Waals surface area contributed by atoms with Gasteiger partial charge in [-0.25, -0.2) is 0 Å². The zero-order chi connectivity index (χ0) is 13.1. The van der Waals surface area contributed by atoms with Gasteiger partial charge in [0, 0.05) is 17.4 Å². The first-order valence-corrected chi connectivity index (χ1v) is 6.22. The number of aromatic amines is 1. The first-order chi connectivity index (χ1) is 9.31. The molecule has 0 bridgehead atoms. The van der Waals surface area contributed by atoms with Crippen LogP contribution in [0.25, 0.3) is 10.9 Å². The SMILES string of the molecule is O=C(Cc1ccc2[nH]ccc2c1)Nc1ccccc1. The van der Waals surface area contributed by atoms with Crippen LogP contribution in [-0.4, -0.2) is 10.9 Å². The predicted molar refractivity (Wildman–Crippen MR) is 77.1 cm³/mol. The van der Waals surface area contributed by atoms with Gasteiger partial charge in [0.25, 0.3) is 0 Å². The maximum Gasteiger partial charge on any atom is 0.228 e. The summed E-state index contributed by atoms with van der Waals surface area (Å²) in [4.78, 5) is 15.1. The molecule has 19 heavy (non-hydrogen) atoms. The van der Waals surface area contributed by atoms with Gasteiger partial charge in [0.1, 0.15) is 0 Å². The van der Waals surface area contributed by atoms with Gasteiger partial charge in [0.2, 0.25) is 5.91 Å². The number of anilines is 1. The van der Waals surface area contributed by atoms with E-state index in [1.807, 2.05) is 60.8 Å². The van der Waals surface area contributed by atoms with Crippen molar-refractivity contribution in [2.45, 2.75) is 6.42 Å². The highest BCUT2D eigenvalue weighted by atomic mass is 16.1. The number of carbonyl (C=O) groups excluding carboxylic acids is 1. The number of H-pyrrole nitrogens is 1. The molecule has 1 amide bonds. The van der Waals surface area contributed by atoms with Gasteiger partial charge in [0.05, 0.1) is 6.42 Å². The van der Waals surface area contributed by atoms with Crippen molar-refractivity contribution in [1.82, 2.24) is 4.98 Å². The van der Waals surface area contributed by atoms with Crippen molar-refractivity contribution in [2.24, 2.45) is 0 Å². The Balaban J connectivity index is 1.72. The molecular formula is C16H14N2O. The van der Waals surface area contributed by atoms with Gasteiger partial charge in [-0.05, 0) is 41.3 Å². The van der Waals surface area contributed by atoms with Gasteiger partial charge in [-0.1, -0.05) is 24.3 Å². The zero-order valence-electron chi connectivity index (χ0n) is 10.4. The minimum Gasteiger partial charge on any atom is -0.361 e. The number of hydrogen-bond acceptors (Lipinski definition) is 1. The molecule has 0 saturated carbocycles. The van der Waals surface area contributed by atoms with Crippen LogP contribution < -0.4 is 5.32 Å². The van der Waals surface area contributed by atoms with Gasteiger partial charge in [0.15, 0.2) is 0 Å². The summed E-state index contributed by atoms with van der Waals surface area (Å²) in [7, 11) is 0. The average Bonchev–Trinajstić information content (AvgIpc) is 2.87. The van der Waals surface area contributed by atoms with Crippen molar-refractivity contribution in [3.8, 4) is 0 Å². The van der Waals surface area contributed by atoms with Gasteiger partial charge in [-0.15, -0.1) is 0 Å². The van der Waals surface area contributed by atoms with Crippen molar-refractivity contribution < 1.29 is 4.79 Å². The van der Waals surface area contributed by atoms with E-state index < -0.39 is 0 Å². The number of amides is 1. The van der Waals surface area contributed by atoms with E-state index >= 15 is 0 Å². The molecule has 0 fully saturated rings. The second-order valence-electron chi connectivity index (χ2n) is 4.49. The van der Waals surface area contributed by atoms with Crippen LogP contribution in [0.1, 0.15) is 5.56 Å². The molecule has 3 rings (SSSR count). The lowest BCUT2D eigenvalue weighted by Crippen LogP contribution is -2.14. The number of rotatable bonds is 3. The highest BCUT2D eigenvalue weighted by Crippen LogP contribution is 2.15. The Kier molecular flexibility index (Phi) is 3.02. The van der Waals surface area contributed by atoms with E-state index in [1.54, 1.807) is 0 Å². The minimum atomic E-state index is 0.00101. The van der Waals surface area contributed by atoms with Crippen molar-refractivity contribution in [1.29, 1.82) is 0 Å². The fourth-order valence-electron chi connectivity index (χ4n) is 2.12. The summed E-state index contributed by atoms with van der Waals surface area (Å²) in [6, 6.07) is 17.5. The van der Waals surface area contributed by atoms with E-state index in [0.29, 0.717) is 6.42 Å². The number of benzene rings is 2. The maximum atomic E-state index is 11.9. The number of aromatic nitrogens is 1. The fourth-order valence-corrected chi connectivity index (χ4v) is 2.12. The van der Waals surface area contributed by atoms with Gasteiger partial charge in [-0.2, -0.15) is 0 Å². The summed E-state index contributed by atoms with van der Waals surface area (Å²) >= 11 is 0. The first kappa shape index (κ1) is 11.5. The molecule has 0 spiro atoms. The van der Waals surface area contributed by atoms with E-state index in [0.717, 1.165) is 22.2 Å². The molecular weight excluding hydrogens is 236 g/mol. The van der Waals surface area contributed by atoms with Crippen molar-refractivity contribution in [3.05, 3.63) is 66.4 Å². The van der Waals surface area contributed by atoms with Crippen molar-refractivity contribution in [2.75, 3.05) is 5.32 Å². The lowest BCUT2D eigenvalue weighted by Gasteiger charge is -2.05. The van der Waals surface area contributed by atoms with E-state index in [2.05, 4.69) is 10.3 Å². The minimum absolute atomic E-state index is 0.00101. The van der Waals surface area contributed by atoms with Crippen LogP contribution in [0.3, 0.4) is 0 Å². The quantitative estimate of drug-likeness (QED) is 0.735. The zero-order valence-corrected chi connectivity index (χ0v) is 10.4. The van der Waals surface area contributed by atoms with E-state index in [1.165, 1.54) is 0 Å². The molecule has 0 aliphatic carbocycles. The molecule has 3 nitrogen and oxygen atoms in total. The van der Waals surface area contributed by atoms with Crippen LogP contribution >= 0.6 is 0 Å². The standard InChI is InChI=1S/C16H14N2O/c19-16(18-14-4-2-1-3-5-14)11-12-6-7-15-13(10-12)8-9-17-15/h1-10,17H,11H2,(H,18,19). The molecule has 0 aliphatic heterocycles. The molecule has 0 saturated heterocycles. The van der Waals surface area contributed by atoms with Crippen LogP contribution in [0.2, 0.25) is 0 Å². The average molecular weight is 250 g/mol. The van der Waals surface area contributed by atoms with Crippen LogP contribution in [0.4, 0.5) is 5.69 Å². The van der Waals surface area contributed by atoms with Gasteiger partial charge < -0.3 is 10.3 Å². The van der Waals surface area contributed by atoms with Crippen LogP contribution in [0.15, 0.2) is 60.8 Å². The third-order valence-corrected chi connectivity index (χ3v) is 3.04. The largest absolute Gasteiger partial charge is 0.361 e. The number of carbonyl (C=O) groups is 1. The molecule has 3 heteroatoms. The Morgan fingerprint density at radius 3 is 2.74 bits per heavy atom. The molecule has 0 aliphatic rings. The smallest absolute Gasteiger partial charge is 0.228 e. The van der Waals surface area contributed by atoms with Crippen LogP contribution in [0.5, 0.6) is 0 Å². The molecule has 94 valence electrons. The van der Waals surface area contributed by atoms with Crippen molar-refractivity contribution >= 4 is 22.5 Å². The monoisotopic (exact) mass is 250 g/mol. The Bertz CT molecular complexity index is 701. The molecule has 0 radical (unpaired) electrons. The molecule has 1 heterocycles. The molecule has 0 atom stereocenters. The number of para-hydroxylation sites is 1. The van der Waals surface area contributed by atoms with Crippen LogP contribution in [0, 0.1) is 0 Å². The lowest BCUT2D eigenvalue weighted by atomic mass is 10.1. The summed E-state index contributed by atoms with van der Waals surface area (Å²) in [6.07, 6.45) is 2.29. The number of fused-ring (bicyclic) bond motifs is 1. The molecule has 1 aromatic heterocycles. The summed E-state index contributed by atoms with van der Waals surface area (Å²) in [5.41, 5.74) is 2.93. The summed E-state index contributed by atoms with van der Waals surface area (Å²) in [5, 5.41) is 4.02. The summed E-state index contributed by atoms with van der Waals surface area (Å²) in [6.45, 7) is 0. The summed E-state index contributed by atoms with van der Waals surface area (Å²) < 4.78 is 0. The second kappa shape index (κ2) is 4.98. The van der Waals surface area contributed by atoms with E-state index in [9.17, 15) is 4.79 Å². The van der Waals surface area contributed by atoms with Gasteiger partial charge >= 0.3 is 0 Å². The Morgan fingerprint density at radius 1 is 1.05 bits per heavy atom. The van der Waals surface area contributed by atoms with E-state index in [-0.39, 0.29) is 5.91 Å². The van der Waals surface area contributed by atoms with Crippen LogP contribution in [-0.2, 0) is 11.2 Å². The van der Waals surface area contributed by atoms with E-state index in [4.69, 9.17) is 0 Å². The highest BCUT2D eigenvalue weighted by molar-refractivity contribution is 5.93. The molecule has 0 unspecified atom stereocenters. The Labute approximate surface area is 111 Å². The topological polar surface area (TPSA) is 44.9 Å². The molecule has 2 N–H and O–H groups in total. The Hall–Kier alpha value is -2.55.